The van der Waals surface area contributed by atoms with Crippen LogP contribution in [0.4, 0.5) is 0 Å². The molecule has 0 amide bonds. The number of ether oxygens (including phenoxy) is 1. The molecule has 1 unspecified atom stereocenters. The second kappa shape index (κ2) is 8.08. The summed E-state index contributed by atoms with van der Waals surface area (Å²) in [6, 6.07) is 11.2. The maximum Gasteiger partial charge on any atom is 0.119 e. The molecule has 0 aliphatic rings. The first kappa shape index (κ1) is 15.1. The molecule has 20 heavy (non-hydrogen) atoms. The van der Waals surface area contributed by atoms with Crippen LogP contribution >= 0.6 is 11.3 Å². The zero-order valence-corrected chi connectivity index (χ0v) is 13.1. The Kier molecular flexibility index (Phi) is 6.09. The molecule has 1 heterocycles. The van der Waals surface area contributed by atoms with Crippen molar-refractivity contribution >= 4 is 11.3 Å². The van der Waals surface area contributed by atoms with Crippen molar-refractivity contribution in [3.05, 3.63) is 52.2 Å². The highest BCUT2D eigenvalue weighted by atomic mass is 32.1. The SMILES string of the molecule is CCNC(C)CCc1ccc(OCc2ccsc2)cc1. The smallest absolute Gasteiger partial charge is 0.119 e. The van der Waals surface area contributed by atoms with Crippen LogP contribution in [0.3, 0.4) is 0 Å². The summed E-state index contributed by atoms with van der Waals surface area (Å²) in [5.74, 6) is 0.944. The first-order valence-corrected chi connectivity index (χ1v) is 8.18. The Balaban J connectivity index is 1.77. The number of hydrogen-bond donors (Lipinski definition) is 1. The maximum atomic E-state index is 5.76. The van der Waals surface area contributed by atoms with E-state index in [1.54, 1.807) is 11.3 Å². The summed E-state index contributed by atoms with van der Waals surface area (Å²) in [6.07, 6.45) is 2.28. The molecule has 2 aromatic rings. The van der Waals surface area contributed by atoms with Gasteiger partial charge < -0.3 is 10.1 Å². The first-order chi connectivity index (χ1) is 9.78. The van der Waals surface area contributed by atoms with Crippen molar-refractivity contribution in [3.8, 4) is 5.75 Å². The summed E-state index contributed by atoms with van der Waals surface area (Å²) in [6.45, 7) is 6.08. The van der Waals surface area contributed by atoms with E-state index in [0.717, 1.165) is 18.7 Å². The van der Waals surface area contributed by atoms with E-state index in [-0.39, 0.29) is 0 Å². The summed E-state index contributed by atoms with van der Waals surface area (Å²) in [7, 11) is 0. The Hall–Kier alpha value is -1.32. The third-order valence-corrected chi connectivity index (χ3v) is 4.06. The molecule has 0 aliphatic carbocycles. The van der Waals surface area contributed by atoms with Crippen molar-refractivity contribution in [3.63, 3.8) is 0 Å². The van der Waals surface area contributed by atoms with Gasteiger partial charge >= 0.3 is 0 Å². The lowest BCUT2D eigenvalue weighted by Crippen LogP contribution is -2.25. The van der Waals surface area contributed by atoms with Crippen LogP contribution in [0.25, 0.3) is 0 Å². The Morgan fingerprint density at radius 1 is 1.15 bits per heavy atom. The molecule has 1 N–H and O–H groups in total. The summed E-state index contributed by atoms with van der Waals surface area (Å²) in [5, 5.41) is 7.64. The van der Waals surface area contributed by atoms with Crippen LogP contribution in [0.1, 0.15) is 31.4 Å². The molecule has 2 nitrogen and oxygen atoms in total. The van der Waals surface area contributed by atoms with E-state index in [1.165, 1.54) is 17.5 Å². The van der Waals surface area contributed by atoms with Gasteiger partial charge in [-0.15, -0.1) is 0 Å². The first-order valence-electron chi connectivity index (χ1n) is 7.24. The molecule has 0 bridgehead atoms. The van der Waals surface area contributed by atoms with Crippen LogP contribution in [-0.2, 0) is 13.0 Å². The Morgan fingerprint density at radius 2 is 1.95 bits per heavy atom. The van der Waals surface area contributed by atoms with Crippen LogP contribution in [0, 0.1) is 0 Å². The molecule has 1 aromatic carbocycles. The molecule has 2 rings (SSSR count). The van der Waals surface area contributed by atoms with E-state index in [2.05, 4.69) is 60.3 Å². The van der Waals surface area contributed by atoms with Crippen molar-refractivity contribution < 1.29 is 4.74 Å². The van der Waals surface area contributed by atoms with E-state index in [9.17, 15) is 0 Å². The zero-order chi connectivity index (χ0) is 14.2. The average Bonchev–Trinajstić information content (AvgIpc) is 2.98. The topological polar surface area (TPSA) is 21.3 Å². The summed E-state index contributed by atoms with van der Waals surface area (Å²) in [5.41, 5.74) is 2.61. The normalized spacial score (nSPS) is 12.3. The van der Waals surface area contributed by atoms with Gasteiger partial charge in [0.15, 0.2) is 0 Å². The third-order valence-electron chi connectivity index (χ3n) is 3.33. The molecule has 3 heteroatoms. The second-order valence-corrected chi connectivity index (χ2v) is 5.84. The van der Waals surface area contributed by atoms with Crippen molar-refractivity contribution in [2.45, 2.75) is 39.3 Å². The maximum absolute atomic E-state index is 5.76. The number of hydrogen-bond acceptors (Lipinski definition) is 3. The fraction of sp³-hybridized carbons (Fsp3) is 0.412. The van der Waals surface area contributed by atoms with Crippen LogP contribution in [0.5, 0.6) is 5.75 Å². The average molecular weight is 289 g/mol. The number of rotatable bonds is 8. The monoisotopic (exact) mass is 289 g/mol. The minimum atomic E-state index is 0.578. The quantitative estimate of drug-likeness (QED) is 0.784. The lowest BCUT2D eigenvalue weighted by molar-refractivity contribution is 0.306. The zero-order valence-electron chi connectivity index (χ0n) is 12.3. The summed E-state index contributed by atoms with van der Waals surface area (Å²) < 4.78 is 5.76. The molecular formula is C17H23NOS. The predicted molar refractivity (Wildman–Crippen MR) is 86.6 cm³/mol. The second-order valence-electron chi connectivity index (χ2n) is 5.06. The fourth-order valence-corrected chi connectivity index (χ4v) is 2.78. The molecule has 1 atom stereocenters. The van der Waals surface area contributed by atoms with Crippen LogP contribution in [0.15, 0.2) is 41.1 Å². The van der Waals surface area contributed by atoms with Crippen molar-refractivity contribution in [1.29, 1.82) is 0 Å². The molecule has 108 valence electrons. The van der Waals surface area contributed by atoms with E-state index in [1.807, 2.05) is 0 Å². The van der Waals surface area contributed by atoms with Gasteiger partial charge in [-0.2, -0.15) is 11.3 Å². The Bertz CT molecular complexity index is 478. The van der Waals surface area contributed by atoms with Crippen LogP contribution < -0.4 is 10.1 Å². The number of benzene rings is 1. The van der Waals surface area contributed by atoms with Gasteiger partial charge in [-0.05, 0) is 66.4 Å². The lowest BCUT2D eigenvalue weighted by Gasteiger charge is -2.12. The predicted octanol–water partition coefficient (Wildman–Crippen LogP) is 4.26. The molecule has 0 fully saturated rings. The van der Waals surface area contributed by atoms with E-state index >= 15 is 0 Å². The molecule has 1 aromatic heterocycles. The van der Waals surface area contributed by atoms with Gasteiger partial charge in [0.1, 0.15) is 12.4 Å². The highest BCUT2D eigenvalue weighted by Crippen LogP contribution is 2.16. The van der Waals surface area contributed by atoms with Gasteiger partial charge in [0.2, 0.25) is 0 Å². The van der Waals surface area contributed by atoms with E-state index in [4.69, 9.17) is 4.74 Å². The molecule has 0 saturated heterocycles. The summed E-state index contributed by atoms with van der Waals surface area (Å²) >= 11 is 1.70. The van der Waals surface area contributed by atoms with Gasteiger partial charge in [-0.1, -0.05) is 19.1 Å². The molecular weight excluding hydrogens is 266 g/mol. The van der Waals surface area contributed by atoms with Crippen molar-refractivity contribution in [2.75, 3.05) is 6.54 Å². The highest BCUT2D eigenvalue weighted by molar-refractivity contribution is 7.07. The molecule has 0 aliphatic heterocycles. The van der Waals surface area contributed by atoms with Gasteiger partial charge in [0, 0.05) is 6.04 Å². The highest BCUT2D eigenvalue weighted by Gasteiger charge is 2.01. The van der Waals surface area contributed by atoms with E-state index in [0.29, 0.717) is 12.6 Å². The summed E-state index contributed by atoms with van der Waals surface area (Å²) in [4.78, 5) is 0. The number of aryl methyl sites for hydroxylation is 1. The largest absolute Gasteiger partial charge is 0.489 e. The third kappa shape index (κ3) is 4.99. The standard InChI is InChI=1S/C17H23NOS/c1-3-18-14(2)4-5-15-6-8-17(9-7-15)19-12-16-10-11-20-13-16/h6-11,13-14,18H,3-5,12H2,1-2H3. The minimum absolute atomic E-state index is 0.578. The number of nitrogens with one attached hydrogen (secondary N) is 1. The fourth-order valence-electron chi connectivity index (χ4n) is 2.13. The van der Waals surface area contributed by atoms with Crippen molar-refractivity contribution in [1.82, 2.24) is 5.32 Å². The molecule has 0 radical (unpaired) electrons. The minimum Gasteiger partial charge on any atom is -0.489 e. The Labute approximate surface area is 125 Å². The van der Waals surface area contributed by atoms with Crippen molar-refractivity contribution in [2.24, 2.45) is 0 Å². The number of thiophene rings is 1. The van der Waals surface area contributed by atoms with E-state index < -0.39 is 0 Å². The van der Waals surface area contributed by atoms with Crippen LogP contribution in [-0.4, -0.2) is 12.6 Å². The van der Waals surface area contributed by atoms with Gasteiger partial charge in [0.05, 0.1) is 0 Å². The lowest BCUT2D eigenvalue weighted by atomic mass is 10.1. The van der Waals surface area contributed by atoms with Gasteiger partial charge in [-0.3, -0.25) is 0 Å². The van der Waals surface area contributed by atoms with Gasteiger partial charge in [-0.25, -0.2) is 0 Å². The van der Waals surface area contributed by atoms with Crippen LogP contribution in [0.2, 0.25) is 0 Å². The molecule has 0 saturated carbocycles. The molecule has 0 spiro atoms. The van der Waals surface area contributed by atoms with Gasteiger partial charge in [0.25, 0.3) is 0 Å². The Morgan fingerprint density at radius 3 is 2.60 bits per heavy atom.